The molecule has 2 fully saturated rings. The van der Waals surface area contributed by atoms with E-state index in [2.05, 4.69) is 28.4 Å². The molecule has 1 N–H and O–H groups in total. The van der Waals surface area contributed by atoms with Gasteiger partial charge in [-0.25, -0.2) is 4.79 Å². The highest BCUT2D eigenvalue weighted by atomic mass is 16.6. The number of ether oxygens (including phenoxy) is 1. The number of rotatable bonds is 3. The summed E-state index contributed by atoms with van der Waals surface area (Å²) in [6.45, 7) is 5.33. The highest BCUT2D eigenvalue weighted by Gasteiger charge is 2.41. The minimum atomic E-state index is -0.189. The number of carbonyl (C=O) groups excluding carboxylic acids is 1. The van der Waals surface area contributed by atoms with Crippen LogP contribution < -0.4 is 10.2 Å². The summed E-state index contributed by atoms with van der Waals surface area (Å²) in [7, 11) is 0. The Labute approximate surface area is 166 Å². The van der Waals surface area contributed by atoms with E-state index < -0.39 is 0 Å². The molecule has 1 aliphatic carbocycles. The van der Waals surface area contributed by atoms with Gasteiger partial charge in [-0.3, -0.25) is 0 Å². The molecule has 2 aromatic rings. The number of piperazine rings is 1. The number of benzene rings is 2. The summed E-state index contributed by atoms with van der Waals surface area (Å²) in [4.78, 5) is 17.2. The van der Waals surface area contributed by atoms with Gasteiger partial charge in [-0.05, 0) is 47.6 Å². The summed E-state index contributed by atoms with van der Waals surface area (Å²) in [5.41, 5.74) is 5.11. The van der Waals surface area contributed by atoms with Crippen molar-refractivity contribution in [2.75, 3.05) is 37.6 Å². The number of nitrogens with one attached hydrogen (secondary N) is 1. The van der Waals surface area contributed by atoms with Crippen molar-refractivity contribution in [2.45, 2.75) is 31.4 Å². The van der Waals surface area contributed by atoms with Crippen LogP contribution in [0.4, 0.5) is 10.5 Å². The molecule has 2 atom stereocenters. The van der Waals surface area contributed by atoms with Gasteiger partial charge in [0.15, 0.2) is 0 Å². The Morgan fingerprint density at radius 1 is 1.04 bits per heavy atom. The molecule has 2 heterocycles. The van der Waals surface area contributed by atoms with Crippen LogP contribution in [0.2, 0.25) is 0 Å². The first kappa shape index (κ1) is 17.6. The van der Waals surface area contributed by atoms with Crippen molar-refractivity contribution in [1.82, 2.24) is 10.2 Å². The predicted molar refractivity (Wildman–Crippen MR) is 110 cm³/mol. The molecule has 3 aliphatic rings. The molecule has 5 heteroatoms. The number of piperidine rings is 1. The van der Waals surface area contributed by atoms with Crippen LogP contribution in [0, 0.1) is 0 Å². The zero-order valence-electron chi connectivity index (χ0n) is 16.1. The number of likely N-dealkylation sites (tertiary alicyclic amines) is 1. The topological polar surface area (TPSA) is 44.8 Å². The molecule has 28 heavy (non-hydrogen) atoms. The second kappa shape index (κ2) is 7.47. The monoisotopic (exact) mass is 377 g/mol. The Bertz CT molecular complexity index is 848. The van der Waals surface area contributed by atoms with Crippen molar-refractivity contribution >= 4 is 11.8 Å². The van der Waals surface area contributed by atoms with E-state index in [4.69, 9.17) is 4.74 Å². The maximum absolute atomic E-state index is 12.8. The van der Waals surface area contributed by atoms with Crippen LogP contribution in [0.1, 0.15) is 41.5 Å². The fourth-order valence-electron chi connectivity index (χ4n) is 4.90. The smallest absolute Gasteiger partial charge is 0.410 e. The van der Waals surface area contributed by atoms with Crippen molar-refractivity contribution in [2.24, 2.45) is 0 Å². The molecule has 1 amide bonds. The molecule has 2 aliphatic heterocycles. The van der Waals surface area contributed by atoms with E-state index in [1.54, 1.807) is 0 Å². The van der Waals surface area contributed by atoms with Crippen LogP contribution in [0.15, 0.2) is 48.5 Å². The molecule has 5 rings (SSSR count). The highest BCUT2D eigenvalue weighted by Crippen LogP contribution is 2.50. The van der Waals surface area contributed by atoms with E-state index in [1.165, 1.54) is 16.8 Å². The average Bonchev–Trinajstić information content (AvgIpc) is 3.05. The summed E-state index contributed by atoms with van der Waals surface area (Å²) >= 11 is 0. The molecule has 5 nitrogen and oxygen atoms in total. The minimum absolute atomic E-state index is 0.161. The lowest BCUT2D eigenvalue weighted by atomic mass is 9.95. The van der Waals surface area contributed by atoms with Crippen LogP contribution in [0.25, 0.3) is 0 Å². The Morgan fingerprint density at radius 3 is 2.68 bits per heavy atom. The van der Waals surface area contributed by atoms with E-state index in [0.717, 1.165) is 51.1 Å². The van der Waals surface area contributed by atoms with Gasteiger partial charge in [-0.2, -0.15) is 0 Å². The van der Waals surface area contributed by atoms with Crippen molar-refractivity contribution in [3.8, 4) is 0 Å². The van der Waals surface area contributed by atoms with Crippen LogP contribution in [0.3, 0.4) is 0 Å². The van der Waals surface area contributed by atoms with Gasteiger partial charge in [0.1, 0.15) is 6.61 Å². The summed E-state index contributed by atoms with van der Waals surface area (Å²) in [6.07, 6.45) is 1.86. The summed E-state index contributed by atoms with van der Waals surface area (Å²) in [5, 5.41) is 3.42. The Hall–Kier alpha value is -2.53. The SMILES string of the molecule is O=C(OCc1ccccc1)N1CCC2C[C@@H]1c1ccc(N3CCNCC3)cc12. The molecule has 146 valence electrons. The number of carbonyl (C=O) groups is 1. The maximum atomic E-state index is 12.8. The van der Waals surface area contributed by atoms with Gasteiger partial charge in [0, 0.05) is 38.4 Å². The first-order chi connectivity index (χ1) is 13.8. The van der Waals surface area contributed by atoms with Crippen molar-refractivity contribution in [3.05, 3.63) is 65.2 Å². The lowest BCUT2D eigenvalue weighted by Gasteiger charge is -2.32. The third-order valence-electron chi connectivity index (χ3n) is 6.39. The number of amides is 1. The molecular weight excluding hydrogens is 350 g/mol. The largest absolute Gasteiger partial charge is 0.445 e. The highest BCUT2D eigenvalue weighted by molar-refractivity contribution is 5.70. The second-order valence-electron chi connectivity index (χ2n) is 8.02. The Kier molecular flexibility index (Phi) is 4.69. The molecular formula is C23H27N3O2. The molecule has 0 aromatic heterocycles. The number of hydrogen-bond acceptors (Lipinski definition) is 4. The third kappa shape index (κ3) is 3.24. The predicted octanol–water partition coefficient (Wildman–Crippen LogP) is 3.67. The summed E-state index contributed by atoms with van der Waals surface area (Å²) in [5.74, 6) is 0.570. The number of fused-ring (bicyclic) bond motifs is 5. The quantitative estimate of drug-likeness (QED) is 0.887. The van der Waals surface area contributed by atoms with Gasteiger partial charge in [-0.15, -0.1) is 0 Å². The maximum Gasteiger partial charge on any atom is 0.410 e. The van der Waals surface area contributed by atoms with E-state index in [-0.39, 0.29) is 12.1 Å². The zero-order valence-corrected chi connectivity index (χ0v) is 16.1. The molecule has 2 saturated heterocycles. The standard InChI is InChI=1S/C23H27N3O2/c27-23(28-16-17-4-2-1-3-5-17)26-11-8-18-14-22(26)20-7-6-19(15-21(18)20)25-12-9-24-10-13-25/h1-7,15,18,22,24H,8-14,16H2/t18?,22-/m1/s1. The van der Waals surface area contributed by atoms with Gasteiger partial charge in [-0.1, -0.05) is 36.4 Å². The van der Waals surface area contributed by atoms with E-state index >= 15 is 0 Å². The van der Waals surface area contributed by atoms with Crippen molar-refractivity contribution in [3.63, 3.8) is 0 Å². The van der Waals surface area contributed by atoms with Gasteiger partial charge < -0.3 is 19.9 Å². The number of nitrogens with zero attached hydrogens (tertiary/aromatic N) is 2. The van der Waals surface area contributed by atoms with Crippen LogP contribution in [-0.2, 0) is 11.3 Å². The third-order valence-corrected chi connectivity index (χ3v) is 6.39. The van der Waals surface area contributed by atoms with E-state index in [1.807, 2.05) is 35.2 Å². The molecule has 0 saturated carbocycles. The van der Waals surface area contributed by atoms with Crippen LogP contribution in [-0.4, -0.2) is 43.7 Å². The molecule has 1 unspecified atom stereocenters. The van der Waals surface area contributed by atoms with Gasteiger partial charge in [0.2, 0.25) is 0 Å². The number of hydrogen-bond donors (Lipinski definition) is 1. The number of anilines is 1. The van der Waals surface area contributed by atoms with E-state index in [0.29, 0.717) is 12.5 Å². The second-order valence-corrected chi connectivity index (χ2v) is 8.02. The molecule has 0 spiro atoms. The minimum Gasteiger partial charge on any atom is -0.445 e. The van der Waals surface area contributed by atoms with Crippen molar-refractivity contribution in [1.29, 1.82) is 0 Å². The van der Waals surface area contributed by atoms with Gasteiger partial charge in [0.25, 0.3) is 0 Å². The Morgan fingerprint density at radius 2 is 1.86 bits per heavy atom. The summed E-state index contributed by atoms with van der Waals surface area (Å²) in [6, 6.07) is 16.9. The van der Waals surface area contributed by atoms with E-state index in [9.17, 15) is 4.79 Å². The zero-order chi connectivity index (χ0) is 18.9. The lowest BCUT2D eigenvalue weighted by molar-refractivity contribution is 0.0694. The van der Waals surface area contributed by atoms with Crippen molar-refractivity contribution < 1.29 is 9.53 Å². The summed E-state index contributed by atoms with van der Waals surface area (Å²) < 4.78 is 5.62. The van der Waals surface area contributed by atoms with Crippen LogP contribution in [0.5, 0.6) is 0 Å². The average molecular weight is 377 g/mol. The van der Waals surface area contributed by atoms with Crippen LogP contribution >= 0.6 is 0 Å². The molecule has 2 aromatic carbocycles. The Balaban J connectivity index is 1.31. The van der Waals surface area contributed by atoms with Gasteiger partial charge >= 0.3 is 6.09 Å². The molecule has 0 radical (unpaired) electrons. The normalized spacial score (nSPS) is 23.4. The fraction of sp³-hybridized carbons (Fsp3) is 0.435. The molecule has 2 bridgehead atoms. The first-order valence-electron chi connectivity index (χ1n) is 10.4. The lowest BCUT2D eigenvalue weighted by Crippen LogP contribution is -2.43. The van der Waals surface area contributed by atoms with Gasteiger partial charge in [0.05, 0.1) is 6.04 Å². The fourth-order valence-corrected chi connectivity index (χ4v) is 4.90. The first-order valence-corrected chi connectivity index (χ1v) is 10.4.